The van der Waals surface area contributed by atoms with Crippen LogP contribution in [0.15, 0.2) is 73.1 Å². The van der Waals surface area contributed by atoms with Crippen LogP contribution < -0.4 is 5.32 Å². The first kappa shape index (κ1) is 16.9. The molecule has 1 aromatic heterocycles. The summed E-state index contributed by atoms with van der Waals surface area (Å²) in [5.74, 6) is -0.711. The largest absolute Gasteiger partial charge is 0.354 e. The van der Waals surface area contributed by atoms with Crippen molar-refractivity contribution >= 4 is 5.91 Å². The van der Waals surface area contributed by atoms with Gasteiger partial charge in [-0.15, -0.1) is 0 Å². The van der Waals surface area contributed by atoms with Gasteiger partial charge in [0, 0.05) is 31.3 Å². The second-order valence-corrected chi connectivity index (χ2v) is 5.81. The van der Waals surface area contributed by atoms with Crippen LogP contribution in [-0.2, 0) is 11.3 Å². The van der Waals surface area contributed by atoms with Gasteiger partial charge in [0.05, 0.1) is 6.54 Å². The van der Waals surface area contributed by atoms with Crippen LogP contribution in [0.2, 0.25) is 0 Å². The average molecular weight is 337 g/mol. The Labute approximate surface area is 146 Å². The number of rotatable bonds is 7. The molecule has 2 aromatic carbocycles. The third-order valence-corrected chi connectivity index (χ3v) is 4.09. The van der Waals surface area contributed by atoms with Gasteiger partial charge in [0.1, 0.15) is 5.82 Å². The third-order valence-electron chi connectivity index (χ3n) is 4.09. The molecule has 0 saturated heterocycles. The van der Waals surface area contributed by atoms with Crippen molar-refractivity contribution < 1.29 is 9.18 Å². The van der Waals surface area contributed by atoms with Crippen molar-refractivity contribution in [1.29, 1.82) is 0 Å². The first-order valence-corrected chi connectivity index (χ1v) is 8.27. The fourth-order valence-electron chi connectivity index (χ4n) is 2.85. The number of benzene rings is 2. The summed E-state index contributed by atoms with van der Waals surface area (Å²) in [6.07, 6.45) is 3.74. The fourth-order valence-corrected chi connectivity index (χ4v) is 2.85. The van der Waals surface area contributed by atoms with Crippen LogP contribution in [0.5, 0.6) is 0 Å². The minimum absolute atomic E-state index is 0.107. The highest BCUT2D eigenvalue weighted by Gasteiger charge is 2.20. The molecule has 3 aromatic rings. The third kappa shape index (κ3) is 4.53. The van der Waals surface area contributed by atoms with Crippen molar-refractivity contribution in [1.82, 2.24) is 15.1 Å². The van der Waals surface area contributed by atoms with Gasteiger partial charge < -0.3 is 5.32 Å². The number of carbonyl (C=O) groups is 1. The molecule has 128 valence electrons. The molecule has 0 spiro atoms. The van der Waals surface area contributed by atoms with E-state index >= 15 is 0 Å². The molecule has 1 atom stereocenters. The fraction of sp³-hybridized carbons (Fsp3) is 0.200. The van der Waals surface area contributed by atoms with Crippen LogP contribution in [0, 0.1) is 5.82 Å². The summed E-state index contributed by atoms with van der Waals surface area (Å²) in [5, 5.41) is 6.98. The zero-order valence-corrected chi connectivity index (χ0v) is 13.8. The lowest BCUT2D eigenvalue weighted by molar-refractivity contribution is -0.121. The van der Waals surface area contributed by atoms with Gasteiger partial charge in [-0.05, 0) is 23.3 Å². The van der Waals surface area contributed by atoms with E-state index in [1.165, 1.54) is 6.07 Å². The van der Waals surface area contributed by atoms with Crippen LogP contribution in [0.1, 0.15) is 23.5 Å². The Morgan fingerprint density at radius 1 is 1.08 bits per heavy atom. The summed E-state index contributed by atoms with van der Waals surface area (Å²) in [7, 11) is 0. The normalized spacial score (nSPS) is 11.9. The van der Waals surface area contributed by atoms with Gasteiger partial charge in [-0.3, -0.25) is 9.48 Å². The molecule has 0 aliphatic heterocycles. The summed E-state index contributed by atoms with van der Waals surface area (Å²) < 4.78 is 16.0. The number of nitrogens with one attached hydrogen (secondary N) is 1. The highest BCUT2D eigenvalue weighted by molar-refractivity contribution is 5.77. The molecule has 25 heavy (non-hydrogen) atoms. The monoisotopic (exact) mass is 337 g/mol. The maximum atomic E-state index is 14.3. The van der Waals surface area contributed by atoms with E-state index < -0.39 is 0 Å². The summed E-state index contributed by atoms with van der Waals surface area (Å²) in [5.41, 5.74) is 1.46. The predicted octanol–water partition coefficient (Wildman–Crippen LogP) is 3.36. The molecule has 0 radical (unpaired) electrons. The van der Waals surface area contributed by atoms with E-state index in [-0.39, 0.29) is 24.1 Å². The smallest absolute Gasteiger partial charge is 0.221 e. The zero-order valence-electron chi connectivity index (χ0n) is 13.8. The Morgan fingerprint density at radius 2 is 1.84 bits per heavy atom. The summed E-state index contributed by atoms with van der Waals surface area (Å²) >= 11 is 0. The number of hydrogen-bond donors (Lipinski definition) is 1. The number of carbonyl (C=O) groups excluding carboxylic acids is 1. The van der Waals surface area contributed by atoms with Crippen molar-refractivity contribution in [2.75, 3.05) is 6.54 Å². The van der Waals surface area contributed by atoms with Gasteiger partial charge in [-0.2, -0.15) is 5.10 Å². The van der Waals surface area contributed by atoms with Crippen molar-refractivity contribution in [2.45, 2.75) is 18.9 Å². The van der Waals surface area contributed by atoms with Gasteiger partial charge in [0.2, 0.25) is 5.91 Å². The lowest BCUT2D eigenvalue weighted by Gasteiger charge is -2.18. The molecule has 0 bridgehead atoms. The molecular formula is C20H20FN3O. The molecule has 1 heterocycles. The van der Waals surface area contributed by atoms with E-state index in [0.717, 1.165) is 5.56 Å². The second kappa shape index (κ2) is 8.24. The molecule has 1 unspecified atom stereocenters. The van der Waals surface area contributed by atoms with E-state index in [1.807, 2.05) is 42.6 Å². The first-order valence-electron chi connectivity index (χ1n) is 8.27. The second-order valence-electron chi connectivity index (χ2n) is 5.81. The molecule has 0 fully saturated rings. The van der Waals surface area contributed by atoms with Crippen LogP contribution in [0.4, 0.5) is 4.39 Å². The molecule has 5 heteroatoms. The lowest BCUT2D eigenvalue weighted by atomic mass is 9.88. The van der Waals surface area contributed by atoms with Gasteiger partial charge in [-0.25, -0.2) is 4.39 Å². The predicted molar refractivity (Wildman–Crippen MR) is 94.5 cm³/mol. The van der Waals surface area contributed by atoms with Gasteiger partial charge in [-0.1, -0.05) is 48.5 Å². The molecule has 3 rings (SSSR count). The Hall–Kier alpha value is -2.95. The maximum absolute atomic E-state index is 14.3. The van der Waals surface area contributed by atoms with E-state index in [9.17, 15) is 9.18 Å². The average Bonchev–Trinajstić information content (AvgIpc) is 3.15. The molecule has 0 saturated carbocycles. The zero-order chi connectivity index (χ0) is 17.5. The quantitative estimate of drug-likeness (QED) is 0.719. The van der Waals surface area contributed by atoms with E-state index in [1.54, 1.807) is 29.1 Å². The highest BCUT2D eigenvalue weighted by atomic mass is 19.1. The topological polar surface area (TPSA) is 46.9 Å². The van der Waals surface area contributed by atoms with Crippen molar-refractivity contribution in [3.63, 3.8) is 0 Å². The maximum Gasteiger partial charge on any atom is 0.221 e. The number of hydrogen-bond acceptors (Lipinski definition) is 2. The summed E-state index contributed by atoms with van der Waals surface area (Å²) in [6.45, 7) is 1.09. The Kier molecular flexibility index (Phi) is 5.57. The molecule has 1 N–H and O–H groups in total. The Bertz CT molecular complexity index is 803. The SMILES string of the molecule is O=C(CC(c1ccccc1)c1ccccc1F)NCCn1cccn1. The van der Waals surface area contributed by atoms with Crippen molar-refractivity contribution in [2.24, 2.45) is 0 Å². The van der Waals surface area contributed by atoms with Gasteiger partial charge in [0.15, 0.2) is 0 Å². The molecule has 1 amide bonds. The molecule has 0 aliphatic carbocycles. The van der Waals surface area contributed by atoms with Gasteiger partial charge in [0.25, 0.3) is 0 Å². The Balaban J connectivity index is 1.69. The highest BCUT2D eigenvalue weighted by Crippen LogP contribution is 2.29. The lowest BCUT2D eigenvalue weighted by Crippen LogP contribution is -2.29. The van der Waals surface area contributed by atoms with E-state index in [2.05, 4.69) is 10.4 Å². The number of halogens is 1. The standard InChI is InChI=1S/C20H20FN3O/c21-19-10-5-4-9-17(19)18(16-7-2-1-3-8-16)15-20(25)22-12-14-24-13-6-11-23-24/h1-11,13,18H,12,14-15H2,(H,22,25). The molecule has 4 nitrogen and oxygen atoms in total. The summed E-state index contributed by atoms with van der Waals surface area (Å²) in [6, 6.07) is 18.0. The summed E-state index contributed by atoms with van der Waals surface area (Å²) in [4.78, 5) is 12.4. The Morgan fingerprint density at radius 3 is 2.56 bits per heavy atom. The van der Waals surface area contributed by atoms with E-state index in [4.69, 9.17) is 0 Å². The number of nitrogens with zero attached hydrogens (tertiary/aromatic N) is 2. The minimum atomic E-state index is -0.313. The molecule has 0 aliphatic rings. The minimum Gasteiger partial charge on any atom is -0.354 e. The first-order chi connectivity index (χ1) is 12.2. The number of aromatic nitrogens is 2. The number of amides is 1. The van der Waals surface area contributed by atoms with Crippen molar-refractivity contribution in [3.05, 3.63) is 90.0 Å². The van der Waals surface area contributed by atoms with Crippen LogP contribution >= 0.6 is 0 Å². The van der Waals surface area contributed by atoms with Crippen LogP contribution in [0.25, 0.3) is 0 Å². The molecular weight excluding hydrogens is 317 g/mol. The van der Waals surface area contributed by atoms with Crippen LogP contribution in [0.3, 0.4) is 0 Å². The van der Waals surface area contributed by atoms with Crippen molar-refractivity contribution in [3.8, 4) is 0 Å². The van der Waals surface area contributed by atoms with Gasteiger partial charge >= 0.3 is 0 Å². The van der Waals surface area contributed by atoms with Crippen LogP contribution in [-0.4, -0.2) is 22.2 Å². The van der Waals surface area contributed by atoms with E-state index in [0.29, 0.717) is 18.7 Å².